The molecule has 3 N–H and O–H groups in total. The first-order valence-corrected chi connectivity index (χ1v) is 8.36. The van der Waals surface area contributed by atoms with Gasteiger partial charge in [-0.25, -0.2) is 8.42 Å². The molecule has 1 aliphatic rings. The SMILES string of the molecule is CCCC1(O)CN(S(=O)(=O)c2c(N)cc(Cl)cc2Cl)C1. The van der Waals surface area contributed by atoms with Gasteiger partial charge in [0.2, 0.25) is 10.0 Å². The molecule has 1 aromatic rings. The Hall–Kier alpha value is -0.530. The summed E-state index contributed by atoms with van der Waals surface area (Å²) in [6.07, 6.45) is 1.34. The molecule has 2 rings (SSSR count). The molecule has 1 aliphatic heterocycles. The number of sulfonamides is 1. The maximum atomic E-state index is 12.5. The van der Waals surface area contributed by atoms with Crippen LogP contribution in [0, 0.1) is 0 Å². The van der Waals surface area contributed by atoms with Crippen LogP contribution in [0.5, 0.6) is 0 Å². The van der Waals surface area contributed by atoms with Crippen LogP contribution in [-0.2, 0) is 10.0 Å². The second kappa shape index (κ2) is 5.35. The van der Waals surface area contributed by atoms with Gasteiger partial charge in [0.25, 0.3) is 0 Å². The van der Waals surface area contributed by atoms with Gasteiger partial charge in [0.15, 0.2) is 0 Å². The number of hydrogen-bond acceptors (Lipinski definition) is 4. The number of halogens is 2. The van der Waals surface area contributed by atoms with Gasteiger partial charge >= 0.3 is 0 Å². The minimum absolute atomic E-state index is 0.00781. The van der Waals surface area contributed by atoms with E-state index >= 15 is 0 Å². The van der Waals surface area contributed by atoms with Crippen LogP contribution in [0.15, 0.2) is 17.0 Å². The van der Waals surface area contributed by atoms with Crippen LogP contribution in [-0.4, -0.2) is 36.5 Å². The molecule has 20 heavy (non-hydrogen) atoms. The summed E-state index contributed by atoms with van der Waals surface area (Å²) in [5.74, 6) is 0. The van der Waals surface area contributed by atoms with Gasteiger partial charge < -0.3 is 10.8 Å². The van der Waals surface area contributed by atoms with Crippen molar-refractivity contribution in [2.24, 2.45) is 0 Å². The van der Waals surface area contributed by atoms with E-state index in [1.165, 1.54) is 16.4 Å². The van der Waals surface area contributed by atoms with Gasteiger partial charge in [0.1, 0.15) is 4.90 Å². The van der Waals surface area contributed by atoms with Crippen LogP contribution in [0.3, 0.4) is 0 Å². The van der Waals surface area contributed by atoms with Crippen LogP contribution in [0.2, 0.25) is 10.0 Å². The van der Waals surface area contributed by atoms with Crippen LogP contribution >= 0.6 is 23.2 Å². The molecule has 1 heterocycles. The zero-order valence-electron chi connectivity index (χ0n) is 10.9. The lowest BCUT2D eigenvalue weighted by atomic mass is 9.92. The van der Waals surface area contributed by atoms with Crippen molar-refractivity contribution < 1.29 is 13.5 Å². The lowest BCUT2D eigenvalue weighted by molar-refractivity contribution is -0.0653. The van der Waals surface area contributed by atoms with E-state index in [0.717, 1.165) is 6.42 Å². The van der Waals surface area contributed by atoms with Gasteiger partial charge in [-0.15, -0.1) is 0 Å². The monoisotopic (exact) mass is 338 g/mol. The van der Waals surface area contributed by atoms with Gasteiger partial charge in [-0.2, -0.15) is 4.31 Å². The van der Waals surface area contributed by atoms with Crippen molar-refractivity contribution in [1.82, 2.24) is 4.31 Å². The molecule has 1 saturated heterocycles. The molecule has 0 spiro atoms. The van der Waals surface area contributed by atoms with E-state index in [2.05, 4.69) is 0 Å². The van der Waals surface area contributed by atoms with Crippen LogP contribution in [0.1, 0.15) is 19.8 Å². The predicted octanol–water partition coefficient (Wildman–Crippen LogP) is 2.11. The molecule has 0 saturated carbocycles. The lowest BCUT2D eigenvalue weighted by Gasteiger charge is -2.45. The predicted molar refractivity (Wildman–Crippen MR) is 79.5 cm³/mol. The standard InChI is InChI=1S/C12H16Cl2N2O3S/c1-2-3-12(17)6-16(7-12)20(18,19)11-9(14)4-8(13)5-10(11)15/h4-5,17H,2-3,6-7,15H2,1H3. The van der Waals surface area contributed by atoms with E-state index in [4.69, 9.17) is 28.9 Å². The molecule has 8 heteroatoms. The normalized spacial score (nSPS) is 18.8. The summed E-state index contributed by atoms with van der Waals surface area (Å²) in [7, 11) is -3.81. The fraction of sp³-hybridized carbons (Fsp3) is 0.500. The number of benzene rings is 1. The lowest BCUT2D eigenvalue weighted by Crippen LogP contribution is -2.63. The second-order valence-electron chi connectivity index (χ2n) is 5.05. The smallest absolute Gasteiger partial charge is 0.246 e. The molecule has 0 unspecified atom stereocenters. The largest absolute Gasteiger partial charge is 0.398 e. The quantitative estimate of drug-likeness (QED) is 0.823. The van der Waals surface area contributed by atoms with Crippen LogP contribution in [0.4, 0.5) is 5.69 Å². The molecular weight excluding hydrogens is 323 g/mol. The third-order valence-corrected chi connectivity index (χ3v) is 5.83. The highest BCUT2D eigenvalue weighted by molar-refractivity contribution is 7.89. The number of β-amino-alcohol motifs (C(OH)–C–C–N with tert-alkyl or cyclic N) is 1. The van der Waals surface area contributed by atoms with Crippen molar-refractivity contribution in [3.8, 4) is 0 Å². The fourth-order valence-electron chi connectivity index (χ4n) is 2.39. The topological polar surface area (TPSA) is 83.6 Å². The van der Waals surface area contributed by atoms with Crippen molar-refractivity contribution in [2.45, 2.75) is 30.3 Å². The molecule has 5 nitrogen and oxygen atoms in total. The maximum absolute atomic E-state index is 12.5. The minimum atomic E-state index is -3.81. The fourth-order valence-corrected chi connectivity index (χ4v) is 4.93. The van der Waals surface area contributed by atoms with Gasteiger partial charge in [-0.05, 0) is 18.6 Å². The highest BCUT2D eigenvalue weighted by Crippen LogP contribution is 2.37. The van der Waals surface area contributed by atoms with Crippen LogP contribution < -0.4 is 5.73 Å². The Morgan fingerprint density at radius 2 is 2.00 bits per heavy atom. The van der Waals surface area contributed by atoms with Gasteiger partial charge in [-0.3, -0.25) is 0 Å². The molecule has 112 valence electrons. The molecule has 0 aliphatic carbocycles. The van der Waals surface area contributed by atoms with E-state index < -0.39 is 15.6 Å². The second-order valence-corrected chi connectivity index (χ2v) is 7.77. The molecule has 0 bridgehead atoms. The number of rotatable bonds is 4. The molecule has 0 atom stereocenters. The zero-order valence-corrected chi connectivity index (χ0v) is 13.3. The highest BCUT2D eigenvalue weighted by Gasteiger charge is 2.47. The van der Waals surface area contributed by atoms with E-state index in [0.29, 0.717) is 6.42 Å². The van der Waals surface area contributed by atoms with E-state index in [9.17, 15) is 13.5 Å². The molecule has 1 aromatic carbocycles. The third kappa shape index (κ3) is 2.76. The summed E-state index contributed by atoms with van der Waals surface area (Å²) in [6.45, 7) is 2.05. The number of nitrogens with zero attached hydrogens (tertiary/aromatic N) is 1. The average Bonchev–Trinajstić information content (AvgIpc) is 2.23. The molecule has 0 amide bonds. The van der Waals surface area contributed by atoms with Crippen LogP contribution in [0.25, 0.3) is 0 Å². The Balaban J connectivity index is 2.30. The molecule has 1 fully saturated rings. The van der Waals surface area contributed by atoms with Crippen molar-refractivity contribution in [3.05, 3.63) is 22.2 Å². The Bertz CT molecular complexity index is 605. The summed E-state index contributed by atoms with van der Waals surface area (Å²) in [5, 5.41) is 10.3. The van der Waals surface area contributed by atoms with Gasteiger partial charge in [0.05, 0.1) is 16.3 Å². The summed E-state index contributed by atoms with van der Waals surface area (Å²) in [5.41, 5.74) is 4.77. The average molecular weight is 339 g/mol. The maximum Gasteiger partial charge on any atom is 0.246 e. The van der Waals surface area contributed by atoms with E-state index in [1.807, 2.05) is 6.92 Å². The van der Waals surface area contributed by atoms with E-state index in [1.54, 1.807) is 0 Å². The van der Waals surface area contributed by atoms with Gasteiger partial charge in [-0.1, -0.05) is 36.5 Å². The first-order valence-electron chi connectivity index (χ1n) is 6.17. The minimum Gasteiger partial charge on any atom is -0.398 e. The molecule has 0 radical (unpaired) electrons. The molecular formula is C12H16Cl2N2O3S. The highest BCUT2D eigenvalue weighted by atomic mass is 35.5. The summed E-state index contributed by atoms with van der Waals surface area (Å²) in [6, 6.07) is 2.68. The Kier molecular flexibility index (Phi) is 4.24. The Morgan fingerprint density at radius 3 is 2.50 bits per heavy atom. The Morgan fingerprint density at radius 1 is 1.40 bits per heavy atom. The summed E-state index contributed by atoms with van der Waals surface area (Å²) in [4.78, 5) is -0.151. The Labute approximate surface area is 128 Å². The number of nitrogen functional groups attached to an aromatic ring is 1. The summed E-state index contributed by atoms with van der Waals surface area (Å²) >= 11 is 11.7. The van der Waals surface area contributed by atoms with Gasteiger partial charge in [0, 0.05) is 18.1 Å². The third-order valence-electron chi connectivity index (χ3n) is 3.29. The van der Waals surface area contributed by atoms with Crippen molar-refractivity contribution >= 4 is 38.9 Å². The number of hydrogen-bond donors (Lipinski definition) is 2. The first kappa shape index (κ1) is 15.9. The van der Waals surface area contributed by atoms with Crippen molar-refractivity contribution in [3.63, 3.8) is 0 Å². The first-order chi connectivity index (χ1) is 9.19. The van der Waals surface area contributed by atoms with Crippen molar-refractivity contribution in [1.29, 1.82) is 0 Å². The number of anilines is 1. The van der Waals surface area contributed by atoms with Crippen molar-refractivity contribution in [2.75, 3.05) is 18.8 Å². The number of aliphatic hydroxyl groups is 1. The van der Waals surface area contributed by atoms with E-state index in [-0.39, 0.29) is 33.7 Å². The zero-order chi connectivity index (χ0) is 15.1. The number of nitrogens with two attached hydrogens (primary N) is 1. The summed E-state index contributed by atoms with van der Waals surface area (Å²) < 4.78 is 26.1. The molecule has 0 aromatic heterocycles.